The molecule has 0 aliphatic carbocycles. The summed E-state index contributed by atoms with van der Waals surface area (Å²) in [6.07, 6.45) is 0.389. The minimum absolute atomic E-state index is 0.261. The first kappa shape index (κ1) is 25.3. The second kappa shape index (κ2) is 10.3. The number of hydrogen-bond acceptors (Lipinski definition) is 6. The van der Waals surface area contributed by atoms with Crippen molar-refractivity contribution in [1.82, 2.24) is 0 Å². The quantitative estimate of drug-likeness (QED) is 0.330. The molecule has 2 unspecified atom stereocenters. The van der Waals surface area contributed by atoms with Gasteiger partial charge < -0.3 is 31.6 Å². The number of nitrogens with zero attached hydrogens (tertiary/aromatic N) is 2. The predicted molar refractivity (Wildman–Crippen MR) is 132 cm³/mol. The van der Waals surface area contributed by atoms with Crippen LogP contribution in [-0.2, 0) is 9.53 Å². The Kier molecular flexibility index (Phi) is 7.68. The number of amides is 1. The summed E-state index contributed by atoms with van der Waals surface area (Å²) in [4.78, 5) is 30.5. The van der Waals surface area contributed by atoms with Crippen LogP contribution in [0.25, 0.3) is 0 Å². The smallest absolute Gasteiger partial charge is 0.309 e. The van der Waals surface area contributed by atoms with Crippen molar-refractivity contribution < 1.29 is 19.1 Å². The summed E-state index contributed by atoms with van der Waals surface area (Å²) < 4.78 is 11.6. The van der Waals surface area contributed by atoms with Gasteiger partial charge in [-0.2, -0.15) is 4.99 Å². The molecule has 1 saturated heterocycles. The Morgan fingerprint density at radius 3 is 2.44 bits per heavy atom. The van der Waals surface area contributed by atoms with Crippen LogP contribution in [0.3, 0.4) is 0 Å². The first-order valence-electron chi connectivity index (χ1n) is 10.9. The molecular formula is C24H30ClN5O4. The second-order valence-corrected chi connectivity index (χ2v) is 9.48. The fourth-order valence-electron chi connectivity index (χ4n) is 3.68. The number of piperidine rings is 1. The molecule has 0 saturated carbocycles. The molecule has 2 aromatic carbocycles. The van der Waals surface area contributed by atoms with E-state index in [1.807, 2.05) is 25.7 Å². The molecule has 1 aliphatic heterocycles. The lowest BCUT2D eigenvalue weighted by Gasteiger charge is -2.39. The summed E-state index contributed by atoms with van der Waals surface area (Å²) in [6, 6.07) is 11.9. The van der Waals surface area contributed by atoms with Crippen molar-refractivity contribution in [2.45, 2.75) is 45.4 Å². The predicted octanol–water partition coefficient (Wildman–Crippen LogP) is 3.39. The van der Waals surface area contributed by atoms with Crippen molar-refractivity contribution in [3.8, 4) is 11.5 Å². The van der Waals surface area contributed by atoms with Gasteiger partial charge in [-0.3, -0.25) is 9.59 Å². The maximum atomic E-state index is 12.6. The molecule has 1 amide bonds. The lowest BCUT2D eigenvalue weighted by molar-refractivity contribution is -0.161. The average molecular weight is 488 g/mol. The largest absolute Gasteiger partial charge is 0.460 e. The molecule has 0 aromatic heterocycles. The Bertz CT molecular complexity index is 1100. The van der Waals surface area contributed by atoms with Gasteiger partial charge in [-0.1, -0.05) is 23.7 Å². The van der Waals surface area contributed by atoms with Crippen molar-refractivity contribution >= 4 is 35.1 Å². The van der Waals surface area contributed by atoms with E-state index in [0.29, 0.717) is 41.6 Å². The van der Waals surface area contributed by atoms with Gasteiger partial charge in [0.25, 0.3) is 5.91 Å². The maximum Gasteiger partial charge on any atom is 0.309 e. The number of guanidine groups is 1. The number of ether oxygens (including phenoxy) is 2. The molecule has 3 rings (SSSR count). The van der Waals surface area contributed by atoms with E-state index < -0.39 is 17.7 Å². The minimum Gasteiger partial charge on any atom is -0.460 e. The van der Waals surface area contributed by atoms with Crippen molar-refractivity contribution in [1.29, 1.82) is 0 Å². The fourth-order valence-corrected chi connectivity index (χ4v) is 3.86. The van der Waals surface area contributed by atoms with Crippen LogP contribution in [0.2, 0.25) is 5.02 Å². The Hall–Kier alpha value is -3.30. The molecule has 0 spiro atoms. The number of esters is 1. The van der Waals surface area contributed by atoms with Crippen LogP contribution >= 0.6 is 11.6 Å². The highest BCUT2D eigenvalue weighted by molar-refractivity contribution is 6.32. The van der Waals surface area contributed by atoms with Gasteiger partial charge >= 0.3 is 5.97 Å². The van der Waals surface area contributed by atoms with Gasteiger partial charge in [0, 0.05) is 12.1 Å². The SMILES string of the molecule is CC(C)(C)OC(=O)C1CCN(c2cc(C(=O)N=C(N)N)ccc2Oc2ccccc2Cl)C(N)C1. The molecule has 182 valence electrons. The minimum atomic E-state index is -0.595. The highest BCUT2D eigenvalue weighted by Gasteiger charge is 2.34. The van der Waals surface area contributed by atoms with Crippen LogP contribution in [0.5, 0.6) is 11.5 Å². The first-order chi connectivity index (χ1) is 15.9. The van der Waals surface area contributed by atoms with Gasteiger partial charge in [-0.25, -0.2) is 0 Å². The normalized spacial score (nSPS) is 18.2. The van der Waals surface area contributed by atoms with E-state index in [4.69, 9.17) is 38.3 Å². The molecular weight excluding hydrogens is 458 g/mol. The molecule has 10 heteroatoms. The van der Waals surface area contributed by atoms with E-state index in [0.717, 1.165) is 0 Å². The summed E-state index contributed by atoms with van der Waals surface area (Å²) in [6.45, 7) is 5.94. The number of aliphatic imine (C=N–C) groups is 1. The number of para-hydroxylation sites is 1. The van der Waals surface area contributed by atoms with Gasteiger partial charge in [-0.05, 0) is 63.9 Å². The van der Waals surface area contributed by atoms with Gasteiger partial charge in [-0.15, -0.1) is 0 Å². The van der Waals surface area contributed by atoms with Gasteiger partial charge in [0.1, 0.15) is 11.4 Å². The standard InChI is InChI=1S/C24H30ClN5O4/c1-24(2,3)34-22(32)15-10-11-30(20(26)13-15)17-12-14(21(31)29-23(27)28)8-9-19(17)33-18-7-5-4-6-16(18)25/h4-9,12,15,20H,10-11,13,26H2,1-3H3,(H4,27,28,29,31). The lowest BCUT2D eigenvalue weighted by atomic mass is 9.93. The number of halogens is 1. The zero-order chi connectivity index (χ0) is 25.0. The topological polar surface area (TPSA) is 146 Å². The van der Waals surface area contributed by atoms with E-state index >= 15 is 0 Å². The number of carbonyl (C=O) groups excluding carboxylic acids is 2. The summed E-state index contributed by atoms with van der Waals surface area (Å²) in [7, 11) is 0. The highest BCUT2D eigenvalue weighted by atomic mass is 35.5. The monoisotopic (exact) mass is 487 g/mol. The Morgan fingerprint density at radius 1 is 1.12 bits per heavy atom. The van der Waals surface area contributed by atoms with E-state index in [-0.39, 0.29) is 23.4 Å². The van der Waals surface area contributed by atoms with Crippen LogP contribution in [0, 0.1) is 5.92 Å². The molecule has 1 aliphatic rings. The molecule has 0 radical (unpaired) electrons. The van der Waals surface area contributed by atoms with Crippen LogP contribution in [0.15, 0.2) is 47.5 Å². The Labute approximate surface area is 203 Å². The maximum absolute atomic E-state index is 12.6. The lowest BCUT2D eigenvalue weighted by Crippen LogP contribution is -2.50. The van der Waals surface area contributed by atoms with Crippen LogP contribution in [0.4, 0.5) is 5.69 Å². The van der Waals surface area contributed by atoms with E-state index in [1.165, 1.54) is 0 Å². The van der Waals surface area contributed by atoms with Gasteiger partial charge in [0.05, 0.1) is 22.8 Å². The number of nitrogens with two attached hydrogens (primary N) is 3. The first-order valence-corrected chi connectivity index (χ1v) is 11.3. The molecule has 34 heavy (non-hydrogen) atoms. The van der Waals surface area contributed by atoms with Crippen molar-refractivity contribution in [2.75, 3.05) is 11.4 Å². The van der Waals surface area contributed by atoms with Crippen LogP contribution < -0.4 is 26.8 Å². The number of hydrogen-bond donors (Lipinski definition) is 3. The summed E-state index contributed by atoms with van der Waals surface area (Å²) in [5.41, 5.74) is 17.5. The zero-order valence-electron chi connectivity index (χ0n) is 19.5. The van der Waals surface area contributed by atoms with Gasteiger partial charge in [0.2, 0.25) is 0 Å². The number of rotatable bonds is 5. The van der Waals surface area contributed by atoms with Gasteiger partial charge in [0.15, 0.2) is 11.7 Å². The fraction of sp³-hybridized carbons (Fsp3) is 0.375. The summed E-state index contributed by atoms with van der Waals surface area (Å²) in [5.74, 6) is -0.635. The van der Waals surface area contributed by atoms with Crippen LogP contribution in [0.1, 0.15) is 44.0 Å². The molecule has 0 bridgehead atoms. The molecule has 1 heterocycles. The van der Waals surface area contributed by atoms with E-state index in [2.05, 4.69) is 4.99 Å². The van der Waals surface area contributed by atoms with Crippen molar-refractivity contribution in [3.05, 3.63) is 53.1 Å². The molecule has 9 nitrogen and oxygen atoms in total. The Morgan fingerprint density at radius 2 is 1.82 bits per heavy atom. The third kappa shape index (κ3) is 6.39. The third-order valence-corrected chi connectivity index (χ3v) is 5.50. The number of carbonyl (C=O) groups is 2. The third-order valence-electron chi connectivity index (χ3n) is 5.19. The molecule has 1 fully saturated rings. The van der Waals surface area contributed by atoms with Crippen molar-refractivity contribution in [2.24, 2.45) is 28.1 Å². The molecule has 2 aromatic rings. The summed E-state index contributed by atoms with van der Waals surface area (Å²) in [5, 5.41) is 0.432. The zero-order valence-corrected chi connectivity index (χ0v) is 20.2. The number of anilines is 1. The average Bonchev–Trinajstić information content (AvgIpc) is 2.74. The number of benzene rings is 2. The Balaban J connectivity index is 1.92. The summed E-state index contributed by atoms with van der Waals surface area (Å²) >= 11 is 6.27. The van der Waals surface area contributed by atoms with Crippen molar-refractivity contribution in [3.63, 3.8) is 0 Å². The second-order valence-electron chi connectivity index (χ2n) is 9.07. The van der Waals surface area contributed by atoms with E-state index in [9.17, 15) is 9.59 Å². The van der Waals surface area contributed by atoms with E-state index in [1.54, 1.807) is 42.5 Å². The van der Waals surface area contributed by atoms with Crippen LogP contribution in [-0.4, -0.2) is 36.1 Å². The highest BCUT2D eigenvalue weighted by Crippen LogP contribution is 2.39. The molecule has 6 N–H and O–H groups in total. The molecule has 2 atom stereocenters.